The molecule has 1 N–H and O–H groups in total. The lowest BCUT2D eigenvalue weighted by atomic mass is 10.1. The van der Waals surface area contributed by atoms with Gasteiger partial charge in [0.1, 0.15) is 0 Å². The van der Waals surface area contributed by atoms with Crippen LogP contribution >= 0.6 is 0 Å². The van der Waals surface area contributed by atoms with Crippen LogP contribution in [0.25, 0.3) is 5.69 Å². The van der Waals surface area contributed by atoms with Gasteiger partial charge in [0.25, 0.3) is 0 Å². The first-order valence-corrected chi connectivity index (χ1v) is 6.72. The summed E-state index contributed by atoms with van der Waals surface area (Å²) in [5.74, 6) is 0. The largest absolute Gasteiger partial charge is 0.306 e. The van der Waals surface area contributed by atoms with Crippen molar-refractivity contribution in [1.82, 2.24) is 15.1 Å². The van der Waals surface area contributed by atoms with Crippen molar-refractivity contribution in [3.8, 4) is 5.69 Å². The van der Waals surface area contributed by atoms with E-state index >= 15 is 0 Å². The Hall–Kier alpha value is -1.61. The molecule has 0 fully saturated rings. The fourth-order valence-electron chi connectivity index (χ4n) is 2.04. The summed E-state index contributed by atoms with van der Waals surface area (Å²) in [5, 5.41) is 8.07. The van der Waals surface area contributed by atoms with Gasteiger partial charge in [-0.15, -0.1) is 0 Å². The minimum Gasteiger partial charge on any atom is -0.306 e. The van der Waals surface area contributed by atoms with Crippen LogP contribution in [0.15, 0.2) is 30.5 Å². The standard InChI is InChI=1S/C16H23N3/c1-12-8-13(2)10-15(9-12)19-7-6-14(18-19)11-17-16(3,4)5/h6-10,17H,11H2,1-5H3. The minimum absolute atomic E-state index is 0.115. The van der Waals surface area contributed by atoms with Crippen LogP contribution in [0.2, 0.25) is 0 Å². The Morgan fingerprint density at radius 3 is 2.32 bits per heavy atom. The molecule has 0 saturated heterocycles. The van der Waals surface area contributed by atoms with Crippen molar-refractivity contribution in [2.45, 2.75) is 46.7 Å². The van der Waals surface area contributed by atoms with Gasteiger partial charge in [0, 0.05) is 18.3 Å². The van der Waals surface area contributed by atoms with Gasteiger partial charge in [0.2, 0.25) is 0 Å². The predicted octanol–water partition coefficient (Wildman–Crippen LogP) is 3.38. The Bertz CT molecular complexity index is 541. The molecule has 19 heavy (non-hydrogen) atoms. The van der Waals surface area contributed by atoms with Crippen LogP contribution in [-0.4, -0.2) is 15.3 Å². The molecule has 1 aromatic heterocycles. The van der Waals surface area contributed by atoms with E-state index in [0.717, 1.165) is 17.9 Å². The molecule has 0 spiro atoms. The van der Waals surface area contributed by atoms with Crippen LogP contribution in [0.1, 0.15) is 37.6 Å². The molecule has 0 amide bonds. The van der Waals surface area contributed by atoms with E-state index < -0.39 is 0 Å². The summed E-state index contributed by atoms with van der Waals surface area (Å²) in [6.45, 7) is 11.5. The molecule has 0 unspecified atom stereocenters. The van der Waals surface area contributed by atoms with Gasteiger partial charge in [-0.1, -0.05) is 6.07 Å². The van der Waals surface area contributed by atoms with E-state index in [2.05, 4.69) is 69.3 Å². The maximum atomic E-state index is 4.62. The first kappa shape index (κ1) is 13.8. The summed E-state index contributed by atoms with van der Waals surface area (Å²) in [6.07, 6.45) is 2.02. The average Bonchev–Trinajstić information content (AvgIpc) is 2.72. The summed E-state index contributed by atoms with van der Waals surface area (Å²) in [4.78, 5) is 0. The smallest absolute Gasteiger partial charge is 0.0767 e. The third kappa shape index (κ3) is 3.93. The predicted molar refractivity (Wildman–Crippen MR) is 79.6 cm³/mol. The molecular formula is C16H23N3. The number of nitrogens with zero attached hydrogens (tertiary/aromatic N) is 2. The molecule has 0 atom stereocenters. The molecule has 0 aliphatic heterocycles. The third-order valence-corrected chi connectivity index (χ3v) is 2.92. The highest BCUT2D eigenvalue weighted by Crippen LogP contribution is 2.13. The molecule has 0 aliphatic rings. The quantitative estimate of drug-likeness (QED) is 0.913. The second-order valence-electron chi connectivity index (χ2n) is 6.20. The number of rotatable bonds is 3. The highest BCUT2D eigenvalue weighted by Gasteiger charge is 2.10. The van der Waals surface area contributed by atoms with Crippen molar-refractivity contribution in [2.75, 3.05) is 0 Å². The van der Waals surface area contributed by atoms with Crippen molar-refractivity contribution in [1.29, 1.82) is 0 Å². The molecule has 102 valence electrons. The Morgan fingerprint density at radius 1 is 1.11 bits per heavy atom. The molecule has 0 bridgehead atoms. The van der Waals surface area contributed by atoms with E-state index in [1.165, 1.54) is 11.1 Å². The lowest BCUT2D eigenvalue weighted by Gasteiger charge is -2.19. The van der Waals surface area contributed by atoms with E-state index in [4.69, 9.17) is 0 Å². The number of nitrogens with one attached hydrogen (secondary N) is 1. The van der Waals surface area contributed by atoms with Gasteiger partial charge in [-0.2, -0.15) is 5.10 Å². The van der Waals surface area contributed by atoms with Crippen LogP contribution < -0.4 is 5.32 Å². The zero-order valence-electron chi connectivity index (χ0n) is 12.5. The van der Waals surface area contributed by atoms with Crippen molar-refractivity contribution < 1.29 is 0 Å². The van der Waals surface area contributed by atoms with Crippen LogP contribution in [-0.2, 0) is 6.54 Å². The maximum Gasteiger partial charge on any atom is 0.0767 e. The van der Waals surface area contributed by atoms with Gasteiger partial charge >= 0.3 is 0 Å². The minimum atomic E-state index is 0.115. The zero-order chi connectivity index (χ0) is 14.0. The summed E-state index contributed by atoms with van der Waals surface area (Å²) in [7, 11) is 0. The molecule has 0 radical (unpaired) electrons. The Labute approximate surface area is 115 Å². The van der Waals surface area contributed by atoms with Gasteiger partial charge in [-0.05, 0) is 63.9 Å². The van der Waals surface area contributed by atoms with Gasteiger partial charge in [-0.25, -0.2) is 4.68 Å². The Kier molecular flexibility index (Phi) is 3.76. The fraction of sp³-hybridized carbons (Fsp3) is 0.438. The maximum absolute atomic E-state index is 4.62. The van der Waals surface area contributed by atoms with Crippen molar-refractivity contribution in [3.05, 3.63) is 47.3 Å². The number of aromatic nitrogens is 2. The normalized spacial score (nSPS) is 11.8. The van der Waals surface area contributed by atoms with Crippen LogP contribution in [0.3, 0.4) is 0 Å². The van der Waals surface area contributed by atoms with Crippen molar-refractivity contribution >= 4 is 0 Å². The van der Waals surface area contributed by atoms with Gasteiger partial charge in [0.15, 0.2) is 0 Å². The van der Waals surface area contributed by atoms with Crippen molar-refractivity contribution in [2.24, 2.45) is 0 Å². The number of benzene rings is 1. The monoisotopic (exact) mass is 257 g/mol. The van der Waals surface area contributed by atoms with Crippen LogP contribution in [0.4, 0.5) is 0 Å². The summed E-state index contributed by atoms with van der Waals surface area (Å²) < 4.78 is 1.94. The number of hydrogen-bond acceptors (Lipinski definition) is 2. The highest BCUT2D eigenvalue weighted by molar-refractivity contribution is 5.38. The van der Waals surface area contributed by atoms with Crippen LogP contribution in [0.5, 0.6) is 0 Å². The van der Waals surface area contributed by atoms with Gasteiger partial charge < -0.3 is 5.32 Å². The van der Waals surface area contributed by atoms with Gasteiger partial charge in [0.05, 0.1) is 11.4 Å². The molecular weight excluding hydrogens is 234 g/mol. The van der Waals surface area contributed by atoms with E-state index in [-0.39, 0.29) is 5.54 Å². The molecule has 2 rings (SSSR count). The molecule has 0 aliphatic carbocycles. The van der Waals surface area contributed by atoms with Crippen LogP contribution in [0, 0.1) is 13.8 Å². The highest BCUT2D eigenvalue weighted by atomic mass is 15.3. The molecule has 0 saturated carbocycles. The first-order valence-electron chi connectivity index (χ1n) is 6.72. The molecule has 1 aromatic carbocycles. The average molecular weight is 257 g/mol. The number of hydrogen-bond donors (Lipinski definition) is 1. The fourth-order valence-corrected chi connectivity index (χ4v) is 2.04. The summed E-state index contributed by atoms with van der Waals surface area (Å²) in [5.41, 5.74) is 4.83. The second kappa shape index (κ2) is 5.17. The van der Waals surface area contributed by atoms with Gasteiger partial charge in [-0.3, -0.25) is 0 Å². The SMILES string of the molecule is Cc1cc(C)cc(-n2ccc(CNC(C)(C)C)n2)c1. The van der Waals surface area contributed by atoms with E-state index in [9.17, 15) is 0 Å². The van der Waals surface area contributed by atoms with Crippen molar-refractivity contribution in [3.63, 3.8) is 0 Å². The first-order chi connectivity index (χ1) is 8.83. The Morgan fingerprint density at radius 2 is 1.74 bits per heavy atom. The molecule has 3 nitrogen and oxygen atoms in total. The van der Waals surface area contributed by atoms with E-state index in [0.29, 0.717) is 0 Å². The lowest BCUT2D eigenvalue weighted by molar-refractivity contribution is 0.420. The third-order valence-electron chi connectivity index (χ3n) is 2.92. The molecule has 1 heterocycles. The summed E-state index contributed by atoms with van der Waals surface area (Å²) in [6, 6.07) is 8.55. The van der Waals surface area contributed by atoms with E-state index in [1.807, 2.05) is 10.9 Å². The molecule has 3 heteroatoms. The molecule has 2 aromatic rings. The zero-order valence-corrected chi connectivity index (χ0v) is 12.5. The van der Waals surface area contributed by atoms with E-state index in [1.54, 1.807) is 0 Å². The second-order valence-corrected chi connectivity index (χ2v) is 6.20. The number of aryl methyl sites for hydroxylation is 2. The summed E-state index contributed by atoms with van der Waals surface area (Å²) >= 11 is 0. The topological polar surface area (TPSA) is 29.9 Å². The lowest BCUT2D eigenvalue weighted by Crippen LogP contribution is -2.35. The Balaban J connectivity index is 2.16.